The van der Waals surface area contributed by atoms with E-state index in [9.17, 15) is 9.59 Å². The van der Waals surface area contributed by atoms with Crippen LogP contribution in [0.5, 0.6) is 0 Å². The molecule has 0 unspecified atom stereocenters. The number of thiophene rings is 1. The molecule has 24 heavy (non-hydrogen) atoms. The minimum atomic E-state index is -0.497. The lowest BCUT2D eigenvalue weighted by Crippen LogP contribution is -2.11. The Kier molecular flexibility index (Phi) is 4.77. The first-order valence-corrected chi connectivity index (χ1v) is 8.24. The van der Waals surface area contributed by atoms with E-state index in [1.54, 1.807) is 61.4 Å². The fourth-order valence-corrected chi connectivity index (χ4v) is 3.33. The van der Waals surface area contributed by atoms with Gasteiger partial charge in [-0.25, -0.2) is 4.79 Å². The van der Waals surface area contributed by atoms with Gasteiger partial charge in [0.15, 0.2) is 0 Å². The molecule has 0 aliphatic carbocycles. The van der Waals surface area contributed by atoms with Gasteiger partial charge in [-0.2, -0.15) is 0 Å². The highest BCUT2D eigenvalue weighted by Crippen LogP contribution is 2.33. The van der Waals surface area contributed by atoms with E-state index in [0.717, 1.165) is 5.56 Å². The van der Waals surface area contributed by atoms with Crippen LogP contribution in [0.3, 0.4) is 0 Å². The van der Waals surface area contributed by atoms with Crippen LogP contribution in [-0.4, -0.2) is 28.3 Å². The molecule has 6 heteroatoms. The zero-order valence-corrected chi connectivity index (χ0v) is 13.7. The molecule has 120 valence electrons. The molecular formula is C18H14N2O3S. The van der Waals surface area contributed by atoms with Crippen LogP contribution in [0.4, 0.5) is 0 Å². The smallest absolute Gasteiger partial charge is 0.340 e. The molecule has 3 rings (SSSR count). The number of esters is 1. The molecule has 0 aromatic carbocycles. The molecule has 0 saturated carbocycles. The van der Waals surface area contributed by atoms with Crippen LogP contribution in [0.25, 0.3) is 11.1 Å². The van der Waals surface area contributed by atoms with Crippen molar-refractivity contribution in [2.45, 2.75) is 6.92 Å². The number of aromatic nitrogens is 2. The molecule has 0 amide bonds. The van der Waals surface area contributed by atoms with Crippen LogP contribution in [0.1, 0.15) is 32.5 Å². The highest BCUT2D eigenvalue weighted by Gasteiger charge is 2.26. The van der Waals surface area contributed by atoms with Gasteiger partial charge in [-0.1, -0.05) is 0 Å². The lowest BCUT2D eigenvalue weighted by Gasteiger charge is -2.07. The van der Waals surface area contributed by atoms with Crippen molar-refractivity contribution in [1.29, 1.82) is 0 Å². The summed E-state index contributed by atoms with van der Waals surface area (Å²) in [5.74, 6) is -0.714. The number of hydrogen-bond acceptors (Lipinski definition) is 6. The van der Waals surface area contributed by atoms with Crippen LogP contribution in [0, 0.1) is 0 Å². The van der Waals surface area contributed by atoms with Crippen molar-refractivity contribution in [3.8, 4) is 11.1 Å². The molecule has 0 aliphatic rings. The highest BCUT2D eigenvalue weighted by atomic mass is 32.1. The topological polar surface area (TPSA) is 69.2 Å². The highest BCUT2D eigenvalue weighted by molar-refractivity contribution is 7.13. The summed E-state index contributed by atoms with van der Waals surface area (Å²) in [6.45, 7) is 1.98. The monoisotopic (exact) mass is 338 g/mol. The second-order valence-electron chi connectivity index (χ2n) is 4.87. The Labute approximate surface area is 143 Å². The van der Waals surface area contributed by atoms with E-state index in [0.29, 0.717) is 21.6 Å². The van der Waals surface area contributed by atoms with E-state index in [4.69, 9.17) is 4.74 Å². The van der Waals surface area contributed by atoms with Crippen molar-refractivity contribution in [3.63, 3.8) is 0 Å². The van der Waals surface area contributed by atoms with E-state index in [1.165, 1.54) is 11.3 Å². The van der Waals surface area contributed by atoms with Crippen molar-refractivity contribution in [2.24, 2.45) is 0 Å². The van der Waals surface area contributed by atoms with Gasteiger partial charge in [0.25, 0.3) is 0 Å². The Hall–Kier alpha value is -2.86. The average Bonchev–Trinajstić information content (AvgIpc) is 3.08. The van der Waals surface area contributed by atoms with Crippen molar-refractivity contribution in [1.82, 2.24) is 9.97 Å². The van der Waals surface area contributed by atoms with Gasteiger partial charge in [-0.15, -0.1) is 11.3 Å². The van der Waals surface area contributed by atoms with Crippen LogP contribution >= 0.6 is 11.3 Å². The summed E-state index contributed by atoms with van der Waals surface area (Å²) in [6.07, 6.45) is 6.39. The van der Waals surface area contributed by atoms with Gasteiger partial charge in [0.1, 0.15) is 0 Å². The van der Waals surface area contributed by atoms with Gasteiger partial charge in [0, 0.05) is 41.3 Å². The predicted molar refractivity (Wildman–Crippen MR) is 91.2 cm³/mol. The van der Waals surface area contributed by atoms with Crippen LogP contribution in [0.2, 0.25) is 0 Å². The summed E-state index contributed by atoms with van der Waals surface area (Å²) in [6, 6.07) is 6.85. The number of carbonyl (C=O) groups is 2. The van der Waals surface area contributed by atoms with Gasteiger partial charge in [0.05, 0.1) is 17.0 Å². The first-order valence-electron chi connectivity index (χ1n) is 7.36. The molecule has 3 aromatic rings. The Bertz CT molecular complexity index is 860. The van der Waals surface area contributed by atoms with Crippen LogP contribution < -0.4 is 0 Å². The Balaban J connectivity index is 2.12. The van der Waals surface area contributed by atoms with E-state index >= 15 is 0 Å². The maximum Gasteiger partial charge on any atom is 0.340 e. The van der Waals surface area contributed by atoms with Gasteiger partial charge in [-0.05, 0) is 36.8 Å². The molecule has 0 aliphatic heterocycles. The minimum absolute atomic E-state index is 0.217. The largest absolute Gasteiger partial charge is 0.462 e. The standard InChI is InChI=1S/C18H14N2O3S/c1-2-23-18(22)15-14(12-3-7-19-8-4-12)11-24-17(15)16(21)13-5-9-20-10-6-13/h3-11H,2H2,1H3. The van der Waals surface area contributed by atoms with Crippen LogP contribution in [-0.2, 0) is 4.74 Å². The van der Waals surface area contributed by atoms with E-state index in [-0.39, 0.29) is 12.4 Å². The van der Waals surface area contributed by atoms with Crippen LogP contribution in [0.15, 0.2) is 54.4 Å². The minimum Gasteiger partial charge on any atom is -0.462 e. The summed E-state index contributed by atoms with van der Waals surface area (Å²) >= 11 is 1.24. The number of ether oxygens (including phenoxy) is 1. The summed E-state index contributed by atoms with van der Waals surface area (Å²) in [4.78, 5) is 33.5. The second kappa shape index (κ2) is 7.14. The quantitative estimate of drug-likeness (QED) is 0.525. The third-order valence-corrected chi connectivity index (χ3v) is 4.39. The molecule has 0 saturated heterocycles. The number of ketones is 1. The number of carbonyl (C=O) groups excluding carboxylic acids is 2. The SMILES string of the molecule is CCOC(=O)c1c(-c2ccncc2)csc1C(=O)c1ccncc1. The lowest BCUT2D eigenvalue weighted by molar-refractivity contribution is 0.0525. The number of hydrogen-bond donors (Lipinski definition) is 0. The number of nitrogens with zero attached hydrogens (tertiary/aromatic N) is 2. The molecule has 3 heterocycles. The summed E-state index contributed by atoms with van der Waals surface area (Å²) < 4.78 is 5.16. The molecular weight excluding hydrogens is 324 g/mol. The maximum absolute atomic E-state index is 12.8. The summed E-state index contributed by atoms with van der Waals surface area (Å²) in [7, 11) is 0. The van der Waals surface area contributed by atoms with Crippen molar-refractivity contribution in [2.75, 3.05) is 6.61 Å². The molecule has 0 radical (unpaired) electrons. The van der Waals surface area contributed by atoms with E-state index < -0.39 is 5.97 Å². The fourth-order valence-electron chi connectivity index (χ4n) is 2.31. The van der Waals surface area contributed by atoms with E-state index in [2.05, 4.69) is 9.97 Å². The molecule has 0 fully saturated rings. The molecule has 0 spiro atoms. The molecule has 0 bridgehead atoms. The molecule has 3 aromatic heterocycles. The van der Waals surface area contributed by atoms with Crippen molar-refractivity contribution < 1.29 is 14.3 Å². The summed E-state index contributed by atoms with van der Waals surface area (Å²) in [5, 5.41) is 1.80. The van der Waals surface area contributed by atoms with Crippen molar-refractivity contribution in [3.05, 3.63) is 70.4 Å². The molecule has 0 atom stereocenters. The van der Waals surface area contributed by atoms with Crippen molar-refractivity contribution >= 4 is 23.1 Å². The fraction of sp³-hybridized carbons (Fsp3) is 0.111. The Morgan fingerprint density at radius 2 is 1.67 bits per heavy atom. The second-order valence-corrected chi connectivity index (χ2v) is 5.75. The Morgan fingerprint density at radius 3 is 2.29 bits per heavy atom. The van der Waals surface area contributed by atoms with Gasteiger partial charge < -0.3 is 4.74 Å². The zero-order chi connectivity index (χ0) is 16.9. The van der Waals surface area contributed by atoms with Gasteiger partial charge >= 0.3 is 5.97 Å². The normalized spacial score (nSPS) is 10.4. The average molecular weight is 338 g/mol. The number of pyridine rings is 2. The summed E-state index contributed by atoms with van der Waals surface area (Å²) in [5.41, 5.74) is 2.28. The lowest BCUT2D eigenvalue weighted by atomic mass is 10.0. The first-order chi connectivity index (χ1) is 11.7. The molecule has 0 N–H and O–H groups in total. The predicted octanol–water partition coefficient (Wildman–Crippen LogP) is 3.61. The van der Waals surface area contributed by atoms with Gasteiger partial charge in [-0.3, -0.25) is 14.8 Å². The van der Waals surface area contributed by atoms with E-state index in [1.807, 2.05) is 0 Å². The first kappa shape index (κ1) is 16.0. The van der Waals surface area contributed by atoms with Gasteiger partial charge in [0.2, 0.25) is 5.78 Å². The maximum atomic E-state index is 12.8. The Morgan fingerprint density at radius 1 is 1.04 bits per heavy atom. The molecule has 5 nitrogen and oxygen atoms in total. The third kappa shape index (κ3) is 3.09. The number of rotatable bonds is 5. The third-order valence-electron chi connectivity index (χ3n) is 3.41. The zero-order valence-electron chi connectivity index (χ0n) is 12.9.